The Morgan fingerprint density at radius 2 is 1.60 bits per heavy atom. The van der Waals surface area contributed by atoms with Crippen molar-refractivity contribution in [1.82, 2.24) is 0 Å². The average molecular weight is 463 g/mol. The predicted molar refractivity (Wildman–Crippen MR) is 95.0 cm³/mol. The highest BCUT2D eigenvalue weighted by Gasteiger charge is 2.07. The van der Waals surface area contributed by atoms with Gasteiger partial charge in [0.1, 0.15) is 0 Å². The molecule has 104 valence electrons. The van der Waals surface area contributed by atoms with Gasteiger partial charge in [0.05, 0.1) is 5.75 Å². The van der Waals surface area contributed by atoms with E-state index in [0.717, 1.165) is 19.2 Å². The summed E-state index contributed by atoms with van der Waals surface area (Å²) in [6.45, 7) is 0. The summed E-state index contributed by atoms with van der Waals surface area (Å²) in [6, 6.07) is 15.0. The van der Waals surface area contributed by atoms with Crippen LogP contribution in [0.3, 0.4) is 0 Å². The Hall–Kier alpha value is -0.660. The first kappa shape index (κ1) is 15.7. The maximum atomic E-state index is 12.0. The van der Waals surface area contributed by atoms with Gasteiger partial charge in [-0.2, -0.15) is 0 Å². The van der Waals surface area contributed by atoms with Crippen LogP contribution in [-0.4, -0.2) is 8.42 Å². The molecule has 0 aromatic heterocycles. The van der Waals surface area contributed by atoms with Crippen molar-refractivity contribution in [1.29, 1.82) is 0 Å². The molecule has 0 unspecified atom stereocenters. The van der Waals surface area contributed by atoms with Gasteiger partial charge >= 0.3 is 0 Å². The molecular weight excluding hydrogens is 451 g/mol. The van der Waals surface area contributed by atoms with Crippen molar-refractivity contribution in [2.45, 2.75) is 5.75 Å². The van der Waals surface area contributed by atoms with Gasteiger partial charge in [-0.15, -0.1) is 0 Å². The molecule has 0 radical (unpaired) electrons. The van der Waals surface area contributed by atoms with Gasteiger partial charge in [0.15, 0.2) is 9.84 Å². The largest absolute Gasteiger partial charge is 0.224 e. The number of hydrogen-bond acceptors (Lipinski definition) is 2. The predicted octanol–water partition coefficient (Wildman–Crippen LogP) is 4.64. The lowest BCUT2D eigenvalue weighted by Gasteiger charge is -2.00. The van der Waals surface area contributed by atoms with Crippen molar-refractivity contribution in [2.24, 2.45) is 0 Å². The molecule has 2 nitrogen and oxygen atoms in total. The highest BCUT2D eigenvalue weighted by molar-refractivity contribution is 14.1. The van der Waals surface area contributed by atoms with Crippen LogP contribution in [0.15, 0.2) is 58.4 Å². The lowest BCUT2D eigenvalue weighted by atomic mass is 10.2. The highest BCUT2D eigenvalue weighted by Crippen LogP contribution is 2.14. The zero-order valence-electron chi connectivity index (χ0n) is 10.5. The first-order chi connectivity index (χ1) is 9.44. The Kier molecular flexibility index (Phi) is 5.40. The van der Waals surface area contributed by atoms with E-state index in [1.807, 2.05) is 48.5 Å². The van der Waals surface area contributed by atoms with Gasteiger partial charge < -0.3 is 0 Å². The Labute approximate surface area is 141 Å². The number of rotatable bonds is 4. The molecule has 0 aliphatic rings. The van der Waals surface area contributed by atoms with Gasteiger partial charge in [0.2, 0.25) is 0 Å². The average Bonchev–Trinajstić information content (AvgIpc) is 2.41. The zero-order valence-corrected chi connectivity index (χ0v) is 15.0. The van der Waals surface area contributed by atoms with Gasteiger partial charge in [0, 0.05) is 13.5 Å². The van der Waals surface area contributed by atoms with Crippen molar-refractivity contribution in [3.8, 4) is 0 Å². The summed E-state index contributed by atoms with van der Waals surface area (Å²) in [5.74, 6) is 0.0248. The Morgan fingerprint density at radius 3 is 2.20 bits per heavy atom. The molecule has 0 fully saturated rings. The fourth-order valence-electron chi connectivity index (χ4n) is 1.62. The molecule has 0 aliphatic heterocycles. The van der Waals surface area contributed by atoms with E-state index in [9.17, 15) is 8.42 Å². The molecule has 0 spiro atoms. The number of hydrogen-bond donors (Lipinski definition) is 0. The SMILES string of the molecule is O=S(=O)(/C=C/c1ccc(Br)cc1)Cc1ccc(I)cc1. The van der Waals surface area contributed by atoms with Gasteiger partial charge in [-0.3, -0.25) is 0 Å². The summed E-state index contributed by atoms with van der Waals surface area (Å²) in [6.07, 6.45) is 1.62. The van der Waals surface area contributed by atoms with E-state index in [1.165, 1.54) is 5.41 Å². The van der Waals surface area contributed by atoms with Gasteiger partial charge in [-0.1, -0.05) is 40.2 Å². The van der Waals surface area contributed by atoms with Crippen LogP contribution in [0, 0.1) is 3.57 Å². The molecule has 5 heteroatoms. The second-order valence-electron chi connectivity index (χ2n) is 4.29. The monoisotopic (exact) mass is 462 g/mol. The number of sulfone groups is 1. The van der Waals surface area contributed by atoms with Crippen molar-refractivity contribution >= 4 is 54.4 Å². The first-order valence-corrected chi connectivity index (χ1v) is 9.44. The number of halogens is 2. The van der Waals surface area contributed by atoms with E-state index in [2.05, 4.69) is 38.5 Å². The van der Waals surface area contributed by atoms with Crippen molar-refractivity contribution in [3.63, 3.8) is 0 Å². The third kappa shape index (κ3) is 5.03. The Balaban J connectivity index is 2.11. The smallest absolute Gasteiger partial charge is 0.175 e. The summed E-state index contributed by atoms with van der Waals surface area (Å²) in [5.41, 5.74) is 1.66. The minimum atomic E-state index is -3.25. The molecule has 0 bridgehead atoms. The Bertz CT molecular complexity index is 705. The normalized spacial score (nSPS) is 11.9. The summed E-state index contributed by atoms with van der Waals surface area (Å²) in [4.78, 5) is 0. The van der Waals surface area contributed by atoms with E-state index < -0.39 is 9.84 Å². The minimum Gasteiger partial charge on any atom is -0.224 e. The van der Waals surface area contributed by atoms with E-state index in [-0.39, 0.29) is 5.75 Å². The van der Waals surface area contributed by atoms with E-state index in [1.54, 1.807) is 6.08 Å². The van der Waals surface area contributed by atoms with Crippen molar-refractivity contribution < 1.29 is 8.42 Å². The van der Waals surface area contributed by atoms with Crippen LogP contribution in [0.1, 0.15) is 11.1 Å². The molecule has 2 aromatic carbocycles. The molecule has 0 N–H and O–H groups in total. The first-order valence-electron chi connectivity index (χ1n) is 5.85. The lowest BCUT2D eigenvalue weighted by Crippen LogP contribution is -1.99. The summed E-state index contributed by atoms with van der Waals surface area (Å²) in [5, 5.41) is 1.27. The maximum Gasteiger partial charge on any atom is 0.175 e. The molecule has 20 heavy (non-hydrogen) atoms. The molecule has 0 atom stereocenters. The molecule has 2 rings (SSSR count). The molecule has 0 aliphatic carbocycles. The van der Waals surface area contributed by atoms with E-state index in [0.29, 0.717) is 0 Å². The van der Waals surface area contributed by atoms with Crippen LogP contribution in [0.25, 0.3) is 6.08 Å². The van der Waals surface area contributed by atoms with Gasteiger partial charge in [0.25, 0.3) is 0 Å². The highest BCUT2D eigenvalue weighted by atomic mass is 127. The zero-order chi connectivity index (χ0) is 14.6. The second-order valence-corrected chi connectivity index (χ2v) is 8.34. The fraction of sp³-hybridized carbons (Fsp3) is 0.0667. The van der Waals surface area contributed by atoms with Crippen LogP contribution < -0.4 is 0 Å². The van der Waals surface area contributed by atoms with Crippen LogP contribution in [-0.2, 0) is 15.6 Å². The van der Waals surface area contributed by atoms with E-state index in [4.69, 9.17) is 0 Å². The molecule has 0 amide bonds. The van der Waals surface area contributed by atoms with E-state index >= 15 is 0 Å². The standard InChI is InChI=1S/C15H12BrIO2S/c16-14-5-1-12(2-6-14)9-10-20(18,19)11-13-3-7-15(17)8-4-13/h1-10H,11H2/b10-9+. The minimum absolute atomic E-state index is 0.0248. The quantitative estimate of drug-likeness (QED) is 0.620. The third-order valence-electron chi connectivity index (χ3n) is 2.62. The molecule has 0 saturated heterocycles. The molecular formula is C15H12BrIO2S. The van der Waals surface area contributed by atoms with Crippen LogP contribution in [0.4, 0.5) is 0 Å². The van der Waals surface area contributed by atoms with Gasteiger partial charge in [-0.05, 0) is 64.1 Å². The number of benzene rings is 2. The molecule has 2 aromatic rings. The topological polar surface area (TPSA) is 34.1 Å². The van der Waals surface area contributed by atoms with Crippen molar-refractivity contribution in [2.75, 3.05) is 0 Å². The van der Waals surface area contributed by atoms with Crippen LogP contribution in [0.2, 0.25) is 0 Å². The summed E-state index contributed by atoms with van der Waals surface area (Å²) >= 11 is 5.54. The summed E-state index contributed by atoms with van der Waals surface area (Å²) in [7, 11) is -3.25. The summed E-state index contributed by atoms with van der Waals surface area (Å²) < 4.78 is 26.1. The van der Waals surface area contributed by atoms with Crippen LogP contribution >= 0.6 is 38.5 Å². The lowest BCUT2D eigenvalue weighted by molar-refractivity contribution is 0.604. The molecule has 0 heterocycles. The van der Waals surface area contributed by atoms with Crippen LogP contribution in [0.5, 0.6) is 0 Å². The fourth-order valence-corrected chi connectivity index (χ4v) is 3.36. The van der Waals surface area contributed by atoms with Gasteiger partial charge in [-0.25, -0.2) is 8.42 Å². The Morgan fingerprint density at radius 1 is 1.00 bits per heavy atom. The molecule has 0 saturated carbocycles. The van der Waals surface area contributed by atoms with Crippen molar-refractivity contribution in [3.05, 3.63) is 73.1 Å². The maximum absolute atomic E-state index is 12.0. The second kappa shape index (κ2) is 6.87. The third-order valence-corrected chi connectivity index (χ3v) is 5.15.